The standard InChI is InChI=1S/C10H22O5S2/c1-3-16-10(17-4-2)9(15)8(14)7(13)6(12)5-11/h6-15H,3-5H2,1-2H3/t6-,7+,8-,9-/m1/s1. The van der Waals surface area contributed by atoms with Crippen molar-refractivity contribution >= 4 is 23.5 Å². The predicted octanol–water partition coefficient (Wildman–Crippen LogP) is -0.745. The Hall–Kier alpha value is 0.500. The van der Waals surface area contributed by atoms with Crippen molar-refractivity contribution in [2.75, 3.05) is 18.1 Å². The van der Waals surface area contributed by atoms with Crippen molar-refractivity contribution in [3.8, 4) is 0 Å². The number of aliphatic hydroxyl groups is 5. The van der Waals surface area contributed by atoms with Gasteiger partial charge in [0.2, 0.25) is 0 Å². The van der Waals surface area contributed by atoms with E-state index in [0.717, 1.165) is 11.5 Å². The van der Waals surface area contributed by atoms with Crippen molar-refractivity contribution in [2.24, 2.45) is 0 Å². The maximum Gasteiger partial charge on any atom is 0.111 e. The van der Waals surface area contributed by atoms with Gasteiger partial charge in [-0.3, -0.25) is 0 Å². The van der Waals surface area contributed by atoms with E-state index in [2.05, 4.69) is 0 Å². The SMILES string of the molecule is CCSC(SCC)[C@H](O)[C@H](O)[C@@H](O)[C@H](O)CO. The van der Waals surface area contributed by atoms with E-state index in [4.69, 9.17) is 5.11 Å². The molecule has 4 atom stereocenters. The predicted molar refractivity (Wildman–Crippen MR) is 71.2 cm³/mol. The zero-order valence-corrected chi connectivity index (χ0v) is 11.7. The largest absolute Gasteiger partial charge is 0.394 e. The molecular formula is C10H22O5S2. The monoisotopic (exact) mass is 286 g/mol. The lowest BCUT2D eigenvalue weighted by molar-refractivity contribution is -0.111. The molecule has 5 N–H and O–H groups in total. The molecule has 5 nitrogen and oxygen atoms in total. The Morgan fingerprint density at radius 3 is 1.65 bits per heavy atom. The van der Waals surface area contributed by atoms with Crippen LogP contribution in [0.5, 0.6) is 0 Å². The fourth-order valence-electron chi connectivity index (χ4n) is 1.27. The molecule has 0 aromatic carbocycles. The lowest BCUT2D eigenvalue weighted by Crippen LogP contribution is -2.48. The zero-order chi connectivity index (χ0) is 13.4. The van der Waals surface area contributed by atoms with Crippen LogP contribution in [0.2, 0.25) is 0 Å². The van der Waals surface area contributed by atoms with Gasteiger partial charge >= 0.3 is 0 Å². The molecule has 0 heterocycles. The van der Waals surface area contributed by atoms with Gasteiger partial charge in [0.25, 0.3) is 0 Å². The van der Waals surface area contributed by atoms with Gasteiger partial charge in [-0.15, -0.1) is 23.5 Å². The topological polar surface area (TPSA) is 101 Å². The van der Waals surface area contributed by atoms with Gasteiger partial charge in [0, 0.05) is 0 Å². The van der Waals surface area contributed by atoms with Crippen molar-refractivity contribution in [2.45, 2.75) is 42.8 Å². The molecule has 0 aliphatic heterocycles. The highest BCUT2D eigenvalue weighted by Gasteiger charge is 2.34. The Kier molecular flexibility index (Phi) is 9.71. The Morgan fingerprint density at radius 1 is 0.824 bits per heavy atom. The first kappa shape index (κ1) is 17.5. The molecule has 0 fully saturated rings. The van der Waals surface area contributed by atoms with E-state index < -0.39 is 31.0 Å². The van der Waals surface area contributed by atoms with Crippen molar-refractivity contribution in [3.05, 3.63) is 0 Å². The second kappa shape index (κ2) is 9.43. The van der Waals surface area contributed by atoms with Gasteiger partial charge < -0.3 is 25.5 Å². The van der Waals surface area contributed by atoms with Gasteiger partial charge in [-0.05, 0) is 11.5 Å². The molecule has 0 aromatic heterocycles. The summed E-state index contributed by atoms with van der Waals surface area (Å²) < 4.78 is -0.263. The highest BCUT2D eigenvalue weighted by molar-refractivity contribution is 8.17. The van der Waals surface area contributed by atoms with E-state index in [-0.39, 0.29) is 4.58 Å². The average molecular weight is 286 g/mol. The van der Waals surface area contributed by atoms with Gasteiger partial charge in [0.1, 0.15) is 24.4 Å². The van der Waals surface area contributed by atoms with Crippen LogP contribution in [0.25, 0.3) is 0 Å². The number of hydrogen-bond donors (Lipinski definition) is 5. The summed E-state index contributed by atoms with van der Waals surface area (Å²) in [6.45, 7) is 3.22. The normalized spacial score (nSPS) is 19.1. The third-order valence-corrected chi connectivity index (χ3v) is 4.92. The number of rotatable bonds is 9. The first-order chi connectivity index (χ1) is 7.99. The van der Waals surface area contributed by atoms with Crippen LogP contribution >= 0.6 is 23.5 Å². The molecule has 0 rings (SSSR count). The minimum absolute atomic E-state index is 0.263. The minimum Gasteiger partial charge on any atom is -0.394 e. The van der Waals surface area contributed by atoms with Crippen molar-refractivity contribution < 1.29 is 25.5 Å². The molecule has 17 heavy (non-hydrogen) atoms. The van der Waals surface area contributed by atoms with Crippen LogP contribution in [0, 0.1) is 0 Å². The van der Waals surface area contributed by atoms with E-state index >= 15 is 0 Å². The fraction of sp³-hybridized carbons (Fsp3) is 1.00. The summed E-state index contributed by atoms with van der Waals surface area (Å²) in [5.41, 5.74) is 0. The molecular weight excluding hydrogens is 264 g/mol. The van der Waals surface area contributed by atoms with Crippen LogP contribution in [-0.2, 0) is 0 Å². The van der Waals surface area contributed by atoms with Gasteiger partial charge in [0.15, 0.2) is 0 Å². The average Bonchev–Trinajstić information content (AvgIpc) is 2.34. The summed E-state index contributed by atoms with van der Waals surface area (Å²) >= 11 is 2.94. The summed E-state index contributed by atoms with van der Waals surface area (Å²) in [4.78, 5) is 0. The molecule has 104 valence electrons. The minimum atomic E-state index is -1.55. The Bertz CT molecular complexity index is 190. The lowest BCUT2D eigenvalue weighted by atomic mass is 10.0. The second-order valence-electron chi connectivity index (χ2n) is 3.50. The third-order valence-electron chi connectivity index (χ3n) is 2.22. The summed E-state index contributed by atoms with van der Waals surface area (Å²) in [6, 6.07) is 0. The summed E-state index contributed by atoms with van der Waals surface area (Å²) in [6.07, 6.45) is -5.62. The Morgan fingerprint density at radius 2 is 1.29 bits per heavy atom. The van der Waals surface area contributed by atoms with Crippen LogP contribution in [0.15, 0.2) is 0 Å². The molecule has 7 heteroatoms. The van der Waals surface area contributed by atoms with Crippen LogP contribution in [-0.4, -0.2) is 72.6 Å². The molecule has 0 radical (unpaired) electrons. The first-order valence-electron chi connectivity index (χ1n) is 5.55. The number of thioether (sulfide) groups is 2. The van der Waals surface area contributed by atoms with E-state index in [1.54, 1.807) is 0 Å². The molecule has 0 aliphatic carbocycles. The van der Waals surface area contributed by atoms with Crippen molar-refractivity contribution in [1.82, 2.24) is 0 Å². The van der Waals surface area contributed by atoms with E-state index in [1.165, 1.54) is 23.5 Å². The molecule has 0 spiro atoms. The second-order valence-corrected chi connectivity index (χ2v) is 6.64. The molecule has 0 aromatic rings. The molecule has 0 bridgehead atoms. The first-order valence-corrected chi connectivity index (χ1v) is 7.65. The molecule has 0 amide bonds. The molecule has 0 saturated carbocycles. The van der Waals surface area contributed by atoms with Crippen molar-refractivity contribution in [1.29, 1.82) is 0 Å². The lowest BCUT2D eigenvalue weighted by Gasteiger charge is -2.30. The summed E-state index contributed by atoms with van der Waals surface area (Å²) in [5, 5.41) is 47.0. The smallest absolute Gasteiger partial charge is 0.111 e. The maximum absolute atomic E-state index is 9.91. The van der Waals surface area contributed by atoms with Gasteiger partial charge in [-0.25, -0.2) is 0 Å². The van der Waals surface area contributed by atoms with Crippen molar-refractivity contribution in [3.63, 3.8) is 0 Å². The van der Waals surface area contributed by atoms with Gasteiger partial charge in [-0.1, -0.05) is 13.8 Å². The quantitative estimate of drug-likeness (QED) is 0.356. The highest BCUT2D eigenvalue weighted by atomic mass is 32.2. The van der Waals surface area contributed by atoms with Crippen LogP contribution < -0.4 is 0 Å². The molecule has 0 aliphatic rings. The van der Waals surface area contributed by atoms with Crippen LogP contribution in [0.3, 0.4) is 0 Å². The Balaban J connectivity index is 4.46. The zero-order valence-electron chi connectivity index (χ0n) is 10.1. The number of hydrogen-bond acceptors (Lipinski definition) is 7. The summed E-state index contributed by atoms with van der Waals surface area (Å²) in [7, 11) is 0. The number of aliphatic hydroxyl groups excluding tert-OH is 5. The summed E-state index contributed by atoms with van der Waals surface area (Å²) in [5.74, 6) is 1.56. The van der Waals surface area contributed by atoms with E-state index in [9.17, 15) is 20.4 Å². The van der Waals surface area contributed by atoms with Crippen LogP contribution in [0.4, 0.5) is 0 Å². The van der Waals surface area contributed by atoms with Gasteiger partial charge in [0.05, 0.1) is 11.2 Å². The third kappa shape index (κ3) is 5.78. The van der Waals surface area contributed by atoms with E-state index in [1.807, 2.05) is 13.8 Å². The Labute approximate surface area is 110 Å². The highest BCUT2D eigenvalue weighted by Crippen LogP contribution is 2.29. The van der Waals surface area contributed by atoms with E-state index in [0.29, 0.717) is 0 Å². The molecule has 0 unspecified atom stereocenters. The molecule has 0 saturated heterocycles. The van der Waals surface area contributed by atoms with Gasteiger partial charge in [-0.2, -0.15) is 0 Å². The fourth-order valence-corrected chi connectivity index (χ4v) is 3.85. The van der Waals surface area contributed by atoms with Crippen LogP contribution in [0.1, 0.15) is 13.8 Å². The maximum atomic E-state index is 9.91.